The second-order valence-corrected chi connectivity index (χ2v) is 11.3. The summed E-state index contributed by atoms with van der Waals surface area (Å²) < 4.78 is 9.07. The van der Waals surface area contributed by atoms with Gasteiger partial charge in [-0.3, -0.25) is 0 Å². The van der Waals surface area contributed by atoms with E-state index < -0.39 is 0 Å². The smallest absolute Gasteiger partial charge is 0.180 e. The summed E-state index contributed by atoms with van der Waals surface area (Å²) >= 11 is 0. The summed E-state index contributed by atoms with van der Waals surface area (Å²) in [6.45, 7) is 0. The number of hydrogen-bond donors (Lipinski definition) is 0. The van der Waals surface area contributed by atoms with Crippen LogP contribution in [0.2, 0.25) is 0 Å². The molecule has 0 amide bonds. The summed E-state index contributed by atoms with van der Waals surface area (Å²) in [4.78, 5) is 10.1. The first-order chi connectivity index (χ1) is 22.8. The number of hydrogen-bond acceptors (Lipinski definition) is 4. The van der Waals surface area contributed by atoms with Gasteiger partial charge in [-0.25, -0.2) is 9.97 Å². The molecule has 0 aliphatic rings. The maximum Gasteiger partial charge on any atom is 0.180 e. The van der Waals surface area contributed by atoms with Crippen molar-refractivity contribution >= 4 is 43.9 Å². The zero-order chi connectivity index (χ0) is 30.6. The molecule has 0 bridgehead atoms. The van der Waals surface area contributed by atoms with E-state index in [1.165, 1.54) is 10.8 Å². The maximum absolute atomic E-state index is 9.63. The van der Waals surface area contributed by atoms with E-state index in [4.69, 9.17) is 14.4 Å². The number of furan rings is 1. The van der Waals surface area contributed by atoms with Gasteiger partial charge in [0.15, 0.2) is 11.4 Å². The van der Waals surface area contributed by atoms with E-state index >= 15 is 0 Å². The van der Waals surface area contributed by atoms with Gasteiger partial charge in [-0.15, -0.1) is 0 Å². The molecule has 214 valence electrons. The lowest BCUT2D eigenvalue weighted by Crippen LogP contribution is -1.94. The SMILES string of the molecule is N#Cc1cccc(-c2nc(-c3ccccc3)nc3c2oc2c(-c4cccc(-n5c6ccccc6c6ccccc65)c4)cccc23)c1. The van der Waals surface area contributed by atoms with Crippen LogP contribution in [0.25, 0.3) is 83.3 Å². The van der Waals surface area contributed by atoms with Gasteiger partial charge in [0.1, 0.15) is 16.8 Å². The molecule has 0 saturated carbocycles. The Morgan fingerprint density at radius 3 is 1.98 bits per heavy atom. The van der Waals surface area contributed by atoms with Crippen molar-refractivity contribution in [1.82, 2.24) is 14.5 Å². The fourth-order valence-corrected chi connectivity index (χ4v) is 6.55. The third kappa shape index (κ3) is 4.02. The highest BCUT2D eigenvalue weighted by Crippen LogP contribution is 2.40. The molecule has 5 heteroatoms. The van der Waals surface area contributed by atoms with Crippen molar-refractivity contribution < 1.29 is 4.42 Å². The topological polar surface area (TPSA) is 67.6 Å². The van der Waals surface area contributed by atoms with Crippen LogP contribution in [0.5, 0.6) is 0 Å². The van der Waals surface area contributed by atoms with Crippen molar-refractivity contribution in [2.24, 2.45) is 0 Å². The molecule has 9 aromatic rings. The predicted octanol–water partition coefficient (Wildman–Crippen LogP) is 10.3. The summed E-state index contributed by atoms with van der Waals surface area (Å²) in [5.41, 5.74) is 10.4. The van der Waals surface area contributed by atoms with E-state index in [1.54, 1.807) is 6.07 Å². The zero-order valence-electron chi connectivity index (χ0n) is 24.6. The van der Waals surface area contributed by atoms with Crippen LogP contribution in [0.1, 0.15) is 5.56 Å². The van der Waals surface area contributed by atoms with Crippen molar-refractivity contribution in [3.8, 4) is 45.5 Å². The van der Waals surface area contributed by atoms with E-state index in [1.807, 2.05) is 48.5 Å². The number of para-hydroxylation sites is 3. The lowest BCUT2D eigenvalue weighted by atomic mass is 10.0. The van der Waals surface area contributed by atoms with Crippen LogP contribution in [0.15, 0.2) is 150 Å². The normalized spacial score (nSPS) is 11.5. The Labute approximate surface area is 264 Å². The lowest BCUT2D eigenvalue weighted by Gasteiger charge is -2.10. The number of aromatic nitrogens is 3. The highest BCUT2D eigenvalue weighted by Gasteiger charge is 2.21. The van der Waals surface area contributed by atoms with Gasteiger partial charge in [0.05, 0.1) is 22.7 Å². The molecule has 0 fully saturated rings. The third-order valence-corrected chi connectivity index (χ3v) is 8.63. The Bertz CT molecular complexity index is 2610. The van der Waals surface area contributed by atoms with Crippen LogP contribution < -0.4 is 0 Å². The van der Waals surface area contributed by atoms with Crippen LogP contribution >= 0.6 is 0 Å². The van der Waals surface area contributed by atoms with Crippen molar-refractivity contribution in [1.29, 1.82) is 5.26 Å². The van der Waals surface area contributed by atoms with E-state index in [0.29, 0.717) is 22.7 Å². The molecule has 0 unspecified atom stereocenters. The van der Waals surface area contributed by atoms with Crippen molar-refractivity contribution in [3.05, 3.63) is 151 Å². The monoisotopic (exact) mass is 588 g/mol. The zero-order valence-corrected chi connectivity index (χ0v) is 24.6. The van der Waals surface area contributed by atoms with Crippen molar-refractivity contribution in [2.45, 2.75) is 0 Å². The largest absolute Gasteiger partial charge is 0.451 e. The highest BCUT2D eigenvalue weighted by molar-refractivity contribution is 6.12. The van der Waals surface area contributed by atoms with Gasteiger partial charge < -0.3 is 8.98 Å². The number of nitrogens with zero attached hydrogens (tertiary/aromatic N) is 4. The lowest BCUT2D eigenvalue weighted by molar-refractivity contribution is 0.668. The summed E-state index contributed by atoms with van der Waals surface area (Å²) in [7, 11) is 0. The molecule has 0 aliphatic heterocycles. The van der Waals surface area contributed by atoms with Gasteiger partial charge in [0.25, 0.3) is 0 Å². The summed E-state index contributed by atoms with van der Waals surface area (Å²) in [5, 5.41) is 13.0. The van der Waals surface area contributed by atoms with Crippen LogP contribution in [-0.2, 0) is 0 Å². The van der Waals surface area contributed by atoms with Gasteiger partial charge in [-0.05, 0) is 48.0 Å². The Kier molecular flexibility index (Phi) is 5.81. The highest BCUT2D eigenvalue weighted by atomic mass is 16.3. The molecule has 0 saturated heterocycles. The average molecular weight is 589 g/mol. The Morgan fingerprint density at radius 1 is 0.543 bits per heavy atom. The molecule has 6 aromatic carbocycles. The molecular weight excluding hydrogens is 564 g/mol. The maximum atomic E-state index is 9.63. The molecule has 5 nitrogen and oxygen atoms in total. The van der Waals surface area contributed by atoms with Crippen molar-refractivity contribution in [2.75, 3.05) is 0 Å². The molecule has 3 aromatic heterocycles. The standard InChI is InChI=1S/C41H24N4O/c42-25-26-11-8-15-29(23-26)37-40-38(44-41(43-37)27-12-2-1-3-13-27)34-20-10-19-31(39(34)46-40)28-14-9-16-30(24-28)45-35-21-6-4-17-32(35)33-18-5-7-22-36(33)45/h1-24H. The molecule has 0 atom stereocenters. The van der Waals surface area contributed by atoms with E-state index in [0.717, 1.165) is 55.5 Å². The Balaban J connectivity index is 1.29. The predicted molar refractivity (Wildman–Crippen MR) is 185 cm³/mol. The molecule has 3 heterocycles. The van der Waals surface area contributed by atoms with Gasteiger partial charge in [-0.2, -0.15) is 5.26 Å². The second kappa shape index (κ2) is 10.3. The van der Waals surface area contributed by atoms with E-state index in [2.05, 4.69) is 102 Å². The minimum absolute atomic E-state index is 0.559. The number of nitriles is 1. The minimum atomic E-state index is 0.559. The average Bonchev–Trinajstić information content (AvgIpc) is 3.68. The van der Waals surface area contributed by atoms with E-state index in [9.17, 15) is 5.26 Å². The van der Waals surface area contributed by atoms with Gasteiger partial charge in [0, 0.05) is 38.5 Å². The van der Waals surface area contributed by atoms with E-state index in [-0.39, 0.29) is 0 Å². The molecule has 0 radical (unpaired) electrons. The number of fused-ring (bicyclic) bond motifs is 6. The first-order valence-corrected chi connectivity index (χ1v) is 15.1. The molecular formula is C41H24N4O. The Morgan fingerprint density at radius 2 is 1.20 bits per heavy atom. The quantitative estimate of drug-likeness (QED) is 0.205. The summed E-state index contributed by atoms with van der Waals surface area (Å²) in [5.74, 6) is 0.604. The van der Waals surface area contributed by atoms with Gasteiger partial charge >= 0.3 is 0 Å². The first-order valence-electron chi connectivity index (χ1n) is 15.1. The summed E-state index contributed by atoms with van der Waals surface area (Å²) in [6.07, 6.45) is 0. The summed E-state index contributed by atoms with van der Waals surface area (Å²) in [6, 6.07) is 51.5. The van der Waals surface area contributed by atoms with Crippen LogP contribution in [-0.4, -0.2) is 14.5 Å². The number of benzene rings is 6. The fourth-order valence-electron chi connectivity index (χ4n) is 6.55. The number of rotatable bonds is 4. The molecule has 0 aliphatic carbocycles. The van der Waals surface area contributed by atoms with Gasteiger partial charge in [0.2, 0.25) is 0 Å². The van der Waals surface area contributed by atoms with Crippen LogP contribution in [0.4, 0.5) is 0 Å². The van der Waals surface area contributed by atoms with Gasteiger partial charge in [-0.1, -0.05) is 103 Å². The molecule has 9 rings (SSSR count). The van der Waals surface area contributed by atoms with Crippen LogP contribution in [0, 0.1) is 11.3 Å². The fraction of sp³-hybridized carbons (Fsp3) is 0. The Hall–Kier alpha value is -6.51. The first kappa shape index (κ1) is 25.9. The van der Waals surface area contributed by atoms with Crippen molar-refractivity contribution in [3.63, 3.8) is 0 Å². The van der Waals surface area contributed by atoms with Crippen LogP contribution in [0.3, 0.4) is 0 Å². The second-order valence-electron chi connectivity index (χ2n) is 11.3. The molecule has 0 N–H and O–H groups in total. The minimum Gasteiger partial charge on any atom is -0.451 e. The third-order valence-electron chi connectivity index (χ3n) is 8.63. The molecule has 46 heavy (non-hydrogen) atoms. The molecule has 0 spiro atoms.